The van der Waals surface area contributed by atoms with E-state index in [1.807, 2.05) is 38.2 Å². The summed E-state index contributed by atoms with van der Waals surface area (Å²) >= 11 is 0. The van der Waals surface area contributed by atoms with Crippen LogP contribution in [0.15, 0.2) is 47.7 Å². The van der Waals surface area contributed by atoms with E-state index in [1.165, 1.54) is 44.9 Å². The summed E-state index contributed by atoms with van der Waals surface area (Å²) in [6.45, 7) is 13.6. The Morgan fingerprint density at radius 1 is 0.872 bits per heavy atom. The second-order valence-corrected chi connectivity index (χ2v) is 15.5. The van der Waals surface area contributed by atoms with Gasteiger partial charge in [-0.25, -0.2) is 0 Å². The van der Waals surface area contributed by atoms with Gasteiger partial charge in [-0.3, -0.25) is 14.4 Å². The van der Waals surface area contributed by atoms with Gasteiger partial charge in [0.25, 0.3) is 0 Å². The van der Waals surface area contributed by atoms with Crippen molar-refractivity contribution in [2.75, 3.05) is 13.2 Å². The molecule has 6 nitrogen and oxygen atoms in total. The minimum atomic E-state index is -0.459. The van der Waals surface area contributed by atoms with Gasteiger partial charge in [-0.15, -0.1) is 0 Å². The van der Waals surface area contributed by atoms with Gasteiger partial charge < -0.3 is 15.4 Å². The third-order valence-corrected chi connectivity index (χ3v) is 11.0. The van der Waals surface area contributed by atoms with E-state index in [0.29, 0.717) is 38.2 Å². The normalized spacial score (nSPS) is 24.6. The summed E-state index contributed by atoms with van der Waals surface area (Å²) in [5.41, 5.74) is 0.853. The number of rotatable bonds is 16. The number of allylic oxidation sites excluding steroid dienone is 7. The fourth-order valence-corrected chi connectivity index (χ4v) is 7.66. The first kappa shape index (κ1) is 39.0. The SMILES string of the molecule is CCC1(CC)C(=O)C(CCCCNC(=O)CCC(C)(C)OCCC(C)(C)C(=O)C2CCCCCCCCC2)NC2=C/C=C\C=C/C=C\21. The van der Waals surface area contributed by atoms with Gasteiger partial charge >= 0.3 is 0 Å². The van der Waals surface area contributed by atoms with Crippen molar-refractivity contribution < 1.29 is 19.1 Å². The first-order valence-corrected chi connectivity index (χ1v) is 19.0. The molecule has 264 valence electrons. The van der Waals surface area contributed by atoms with Gasteiger partial charge in [-0.1, -0.05) is 103 Å². The second kappa shape index (κ2) is 18.9. The molecule has 1 saturated carbocycles. The molecule has 47 heavy (non-hydrogen) atoms. The summed E-state index contributed by atoms with van der Waals surface area (Å²) in [4.78, 5) is 39.9. The van der Waals surface area contributed by atoms with Crippen LogP contribution in [0.2, 0.25) is 0 Å². The number of fused-ring (bicyclic) bond motifs is 1. The molecule has 2 aliphatic carbocycles. The van der Waals surface area contributed by atoms with Crippen molar-refractivity contribution in [2.24, 2.45) is 16.7 Å². The Kier molecular flexibility index (Phi) is 15.7. The largest absolute Gasteiger partial charge is 0.376 e. The highest BCUT2D eigenvalue weighted by atomic mass is 16.5. The Hall–Kier alpha value is -2.47. The average molecular weight is 651 g/mol. The van der Waals surface area contributed by atoms with Gasteiger partial charge in [0.1, 0.15) is 5.78 Å². The van der Waals surface area contributed by atoms with E-state index in [1.54, 1.807) is 0 Å². The zero-order chi connectivity index (χ0) is 34.3. The fraction of sp³-hybridized carbons (Fsp3) is 0.732. The van der Waals surface area contributed by atoms with Gasteiger partial charge in [-0.2, -0.15) is 0 Å². The lowest BCUT2D eigenvalue weighted by atomic mass is 9.65. The molecule has 2 N–H and O–H groups in total. The maximum Gasteiger partial charge on any atom is 0.220 e. The summed E-state index contributed by atoms with van der Waals surface area (Å²) in [5, 5.41) is 6.60. The van der Waals surface area contributed by atoms with Crippen molar-refractivity contribution in [3.63, 3.8) is 0 Å². The molecule has 3 aliphatic rings. The molecule has 2 fully saturated rings. The molecule has 0 aromatic carbocycles. The molecule has 0 aromatic heterocycles. The molecule has 0 aromatic rings. The van der Waals surface area contributed by atoms with E-state index in [4.69, 9.17) is 4.74 Å². The summed E-state index contributed by atoms with van der Waals surface area (Å²) in [6.07, 6.45) is 28.8. The molecule has 1 aliphatic heterocycles. The first-order chi connectivity index (χ1) is 22.5. The van der Waals surface area contributed by atoms with E-state index in [2.05, 4.69) is 50.5 Å². The van der Waals surface area contributed by atoms with Crippen molar-refractivity contribution in [2.45, 2.75) is 162 Å². The Morgan fingerprint density at radius 3 is 2.13 bits per heavy atom. The third kappa shape index (κ3) is 11.6. The van der Waals surface area contributed by atoms with E-state index < -0.39 is 16.4 Å². The molecule has 0 radical (unpaired) electrons. The topological polar surface area (TPSA) is 84.5 Å². The highest BCUT2D eigenvalue weighted by Crippen LogP contribution is 2.44. The molecular formula is C41H66N2O4. The van der Waals surface area contributed by atoms with Crippen molar-refractivity contribution in [1.29, 1.82) is 0 Å². The fourth-order valence-electron chi connectivity index (χ4n) is 7.66. The Balaban J connectivity index is 1.36. The van der Waals surface area contributed by atoms with Crippen LogP contribution in [0.5, 0.6) is 0 Å². The number of nitrogens with one attached hydrogen (secondary N) is 2. The Labute approximate surface area is 286 Å². The molecule has 1 heterocycles. The highest BCUT2D eigenvalue weighted by molar-refractivity contribution is 5.95. The summed E-state index contributed by atoms with van der Waals surface area (Å²) in [7, 11) is 0. The molecule has 0 spiro atoms. The zero-order valence-corrected chi connectivity index (χ0v) is 30.7. The molecule has 1 atom stereocenters. The van der Waals surface area contributed by atoms with Crippen LogP contribution in [0.3, 0.4) is 0 Å². The predicted molar refractivity (Wildman–Crippen MR) is 194 cm³/mol. The Morgan fingerprint density at radius 2 is 1.49 bits per heavy atom. The maximum atomic E-state index is 13.7. The number of piperidine rings is 1. The lowest BCUT2D eigenvalue weighted by Crippen LogP contribution is -2.53. The predicted octanol–water partition coefficient (Wildman–Crippen LogP) is 9.26. The number of hydrogen-bond acceptors (Lipinski definition) is 5. The third-order valence-electron chi connectivity index (χ3n) is 11.0. The number of Topliss-reactive ketones (excluding diaryl/α,β-unsaturated/α-hetero) is 2. The van der Waals surface area contributed by atoms with Crippen LogP contribution in [0, 0.1) is 16.7 Å². The van der Waals surface area contributed by atoms with Crippen molar-refractivity contribution in [3.05, 3.63) is 47.7 Å². The zero-order valence-electron chi connectivity index (χ0n) is 30.7. The van der Waals surface area contributed by atoms with Gasteiger partial charge in [0.15, 0.2) is 5.78 Å². The van der Waals surface area contributed by atoms with E-state index in [-0.39, 0.29) is 23.7 Å². The van der Waals surface area contributed by atoms with Crippen molar-refractivity contribution >= 4 is 17.5 Å². The second-order valence-electron chi connectivity index (χ2n) is 15.5. The molecule has 1 amide bonds. The minimum absolute atomic E-state index is 0.0327. The molecule has 1 saturated heterocycles. The number of carbonyl (C=O) groups is 3. The molecule has 6 heteroatoms. The Bertz CT molecular complexity index is 1140. The standard InChI is InChI=1S/C41H66N2O4/c1-7-41(8-2)33-24-18-14-15-19-25-34(33)43-35(38(41)46)26-20-21-30-42-36(44)27-28-40(5,6)47-31-29-39(3,4)37(45)32-22-16-12-10-9-11-13-17-23-32/h14-15,18-19,24-25,32,35,43H,7-13,16-17,20-23,26-31H2,1-6H3,(H,42,44)/b15-14?,18-14-,19-15-,24-18?,25-19?,33-24+,34-25+. The van der Waals surface area contributed by atoms with Gasteiger partial charge in [0, 0.05) is 36.6 Å². The lowest BCUT2D eigenvalue weighted by Gasteiger charge is -2.43. The number of hydrogen-bond donors (Lipinski definition) is 2. The minimum Gasteiger partial charge on any atom is -0.376 e. The van der Waals surface area contributed by atoms with Crippen LogP contribution < -0.4 is 10.6 Å². The number of ketones is 2. The quantitative estimate of drug-likeness (QED) is 0.163. The molecule has 1 unspecified atom stereocenters. The van der Waals surface area contributed by atoms with E-state index in [9.17, 15) is 14.4 Å². The monoisotopic (exact) mass is 651 g/mol. The van der Waals surface area contributed by atoms with E-state index in [0.717, 1.165) is 56.2 Å². The van der Waals surface area contributed by atoms with E-state index >= 15 is 0 Å². The van der Waals surface area contributed by atoms with Crippen LogP contribution in [0.25, 0.3) is 0 Å². The average Bonchev–Trinajstić information content (AvgIpc) is 3.03. The van der Waals surface area contributed by atoms with Gasteiger partial charge in [0.05, 0.1) is 17.1 Å². The lowest BCUT2D eigenvalue weighted by molar-refractivity contribution is -0.134. The maximum absolute atomic E-state index is 13.7. The van der Waals surface area contributed by atoms with Crippen LogP contribution in [-0.4, -0.2) is 42.3 Å². The number of carbonyl (C=O) groups excluding carboxylic acids is 3. The van der Waals surface area contributed by atoms with Crippen LogP contribution in [0.1, 0.15) is 151 Å². The molecule has 3 rings (SSSR count). The highest BCUT2D eigenvalue weighted by Gasteiger charge is 2.47. The number of ether oxygens (including phenoxy) is 1. The van der Waals surface area contributed by atoms with Crippen LogP contribution in [-0.2, 0) is 19.1 Å². The van der Waals surface area contributed by atoms with Gasteiger partial charge in [-0.05, 0) is 83.3 Å². The smallest absolute Gasteiger partial charge is 0.220 e. The molecule has 0 bridgehead atoms. The van der Waals surface area contributed by atoms with Gasteiger partial charge in [0.2, 0.25) is 5.91 Å². The summed E-state index contributed by atoms with van der Waals surface area (Å²) in [6, 6.07) is -0.213. The van der Waals surface area contributed by atoms with Crippen LogP contribution in [0.4, 0.5) is 0 Å². The molecular weight excluding hydrogens is 584 g/mol. The summed E-state index contributed by atoms with van der Waals surface area (Å²) < 4.78 is 6.25. The van der Waals surface area contributed by atoms with Crippen molar-refractivity contribution in [1.82, 2.24) is 10.6 Å². The first-order valence-electron chi connectivity index (χ1n) is 19.0. The summed E-state index contributed by atoms with van der Waals surface area (Å²) in [5.74, 6) is 0.911. The van der Waals surface area contributed by atoms with Crippen molar-refractivity contribution in [3.8, 4) is 0 Å². The van der Waals surface area contributed by atoms with Crippen LogP contribution >= 0.6 is 0 Å². The number of amides is 1. The number of unbranched alkanes of at least 4 members (excludes halogenated alkanes) is 1.